The molecule has 3 aromatic rings. The Bertz CT molecular complexity index is 750. The summed E-state index contributed by atoms with van der Waals surface area (Å²) in [4.78, 5) is 5.41. The minimum Gasteiger partial charge on any atom is -0.397 e. The molecule has 6 heteroatoms. The van der Waals surface area contributed by atoms with E-state index >= 15 is 0 Å². The minimum atomic E-state index is 0.689. The maximum atomic E-state index is 5.95. The van der Waals surface area contributed by atoms with E-state index in [1.165, 1.54) is 0 Å². The monoisotopic (exact) mass is 271 g/mol. The smallest absolute Gasteiger partial charge is 0.195 e. The standard InChI is InChI=1S/C13H13N5S/c1-8-16-17-13(18(8)2)19-11-6-7-15-12-9(11)4-3-5-10(12)14/h3-7H,14H2,1-2H3. The molecule has 5 nitrogen and oxygen atoms in total. The first-order valence-corrected chi connectivity index (χ1v) is 6.65. The van der Waals surface area contributed by atoms with Crippen molar-refractivity contribution >= 4 is 28.4 Å². The molecule has 2 aromatic heterocycles. The minimum absolute atomic E-state index is 0.689. The Morgan fingerprint density at radius 2 is 2.05 bits per heavy atom. The van der Waals surface area contributed by atoms with E-state index in [1.807, 2.05) is 42.8 Å². The van der Waals surface area contributed by atoms with Gasteiger partial charge in [0, 0.05) is 23.5 Å². The summed E-state index contributed by atoms with van der Waals surface area (Å²) in [5.74, 6) is 0.889. The molecule has 0 aliphatic carbocycles. The van der Waals surface area contributed by atoms with Gasteiger partial charge in [0.15, 0.2) is 5.16 Å². The Balaban J connectivity index is 2.11. The fourth-order valence-corrected chi connectivity index (χ4v) is 2.79. The van der Waals surface area contributed by atoms with Crippen LogP contribution in [0, 0.1) is 6.92 Å². The molecule has 2 N–H and O–H groups in total. The molecule has 19 heavy (non-hydrogen) atoms. The van der Waals surface area contributed by atoms with Gasteiger partial charge in [-0.15, -0.1) is 10.2 Å². The van der Waals surface area contributed by atoms with E-state index in [0.717, 1.165) is 26.8 Å². The number of hydrogen-bond acceptors (Lipinski definition) is 5. The van der Waals surface area contributed by atoms with E-state index in [4.69, 9.17) is 5.73 Å². The quantitative estimate of drug-likeness (QED) is 0.725. The molecular weight excluding hydrogens is 258 g/mol. The molecule has 96 valence electrons. The zero-order valence-electron chi connectivity index (χ0n) is 10.7. The van der Waals surface area contributed by atoms with Crippen molar-refractivity contribution in [3.8, 4) is 0 Å². The molecular formula is C13H13N5S. The van der Waals surface area contributed by atoms with Crippen molar-refractivity contribution in [2.24, 2.45) is 7.05 Å². The lowest BCUT2D eigenvalue weighted by atomic mass is 10.2. The molecule has 0 spiro atoms. The topological polar surface area (TPSA) is 69.6 Å². The van der Waals surface area contributed by atoms with Crippen molar-refractivity contribution in [2.45, 2.75) is 17.0 Å². The molecule has 0 atom stereocenters. The number of rotatable bonds is 2. The van der Waals surface area contributed by atoms with E-state index in [9.17, 15) is 0 Å². The van der Waals surface area contributed by atoms with Crippen molar-refractivity contribution in [1.82, 2.24) is 19.7 Å². The molecule has 1 aromatic carbocycles. The van der Waals surface area contributed by atoms with Crippen molar-refractivity contribution in [2.75, 3.05) is 5.73 Å². The number of nitrogens with zero attached hydrogens (tertiary/aromatic N) is 4. The molecule has 2 heterocycles. The van der Waals surface area contributed by atoms with Gasteiger partial charge in [-0.1, -0.05) is 12.1 Å². The third-order valence-corrected chi connectivity index (χ3v) is 4.13. The molecule has 0 saturated carbocycles. The number of para-hydroxylation sites is 1. The summed E-state index contributed by atoms with van der Waals surface area (Å²) in [7, 11) is 1.95. The molecule has 0 saturated heterocycles. The summed E-state index contributed by atoms with van der Waals surface area (Å²) in [6.45, 7) is 1.93. The lowest BCUT2D eigenvalue weighted by Gasteiger charge is -2.06. The zero-order valence-corrected chi connectivity index (χ0v) is 11.5. The summed E-state index contributed by atoms with van der Waals surface area (Å²) in [6, 6.07) is 7.78. The molecule has 0 radical (unpaired) electrons. The average molecular weight is 271 g/mol. The summed E-state index contributed by atoms with van der Waals surface area (Å²) >= 11 is 1.57. The Hall–Kier alpha value is -2.08. The van der Waals surface area contributed by atoms with Crippen LogP contribution in [0.4, 0.5) is 5.69 Å². The van der Waals surface area contributed by atoms with Crippen molar-refractivity contribution in [3.05, 3.63) is 36.3 Å². The van der Waals surface area contributed by atoms with Crippen LogP contribution >= 0.6 is 11.8 Å². The van der Waals surface area contributed by atoms with E-state index < -0.39 is 0 Å². The van der Waals surface area contributed by atoms with Crippen LogP contribution in [0.2, 0.25) is 0 Å². The highest BCUT2D eigenvalue weighted by Crippen LogP contribution is 2.33. The maximum Gasteiger partial charge on any atom is 0.195 e. The normalized spacial score (nSPS) is 11.1. The second-order valence-corrected chi connectivity index (χ2v) is 5.25. The van der Waals surface area contributed by atoms with E-state index in [0.29, 0.717) is 5.69 Å². The summed E-state index contributed by atoms with van der Waals surface area (Å²) in [5.41, 5.74) is 7.46. The predicted octanol–water partition coefficient (Wildman–Crippen LogP) is 2.41. The lowest BCUT2D eigenvalue weighted by molar-refractivity contribution is 0.766. The molecule has 0 bridgehead atoms. The fourth-order valence-electron chi connectivity index (χ4n) is 1.84. The number of aryl methyl sites for hydroxylation is 1. The molecule has 0 unspecified atom stereocenters. The summed E-state index contributed by atoms with van der Waals surface area (Å²) in [6.07, 6.45) is 1.77. The van der Waals surface area contributed by atoms with Crippen LogP contribution in [-0.4, -0.2) is 19.7 Å². The van der Waals surface area contributed by atoms with E-state index in [1.54, 1.807) is 18.0 Å². The number of anilines is 1. The second kappa shape index (κ2) is 4.55. The lowest BCUT2D eigenvalue weighted by Crippen LogP contribution is -1.94. The molecule has 0 amide bonds. The first kappa shape index (κ1) is 12.0. The molecule has 3 rings (SSSR count). The first-order chi connectivity index (χ1) is 9.16. The van der Waals surface area contributed by atoms with Gasteiger partial charge in [-0.25, -0.2) is 0 Å². The Morgan fingerprint density at radius 1 is 1.21 bits per heavy atom. The number of aromatic nitrogens is 4. The Kier molecular flexibility index (Phi) is 2.87. The van der Waals surface area contributed by atoms with Gasteiger partial charge < -0.3 is 10.3 Å². The predicted molar refractivity (Wildman–Crippen MR) is 76.0 cm³/mol. The number of pyridine rings is 1. The third kappa shape index (κ3) is 2.04. The average Bonchev–Trinajstić information content (AvgIpc) is 2.72. The highest BCUT2D eigenvalue weighted by molar-refractivity contribution is 7.99. The summed E-state index contributed by atoms with van der Waals surface area (Å²) in [5, 5.41) is 10.1. The van der Waals surface area contributed by atoms with Crippen LogP contribution in [0.5, 0.6) is 0 Å². The van der Waals surface area contributed by atoms with Crippen molar-refractivity contribution < 1.29 is 0 Å². The second-order valence-electron chi connectivity index (χ2n) is 4.24. The molecule has 0 aliphatic heterocycles. The van der Waals surface area contributed by atoms with Gasteiger partial charge >= 0.3 is 0 Å². The Morgan fingerprint density at radius 3 is 2.79 bits per heavy atom. The number of nitrogens with two attached hydrogens (primary N) is 1. The van der Waals surface area contributed by atoms with Gasteiger partial charge in [0.05, 0.1) is 11.2 Å². The van der Waals surface area contributed by atoms with Crippen molar-refractivity contribution in [3.63, 3.8) is 0 Å². The number of fused-ring (bicyclic) bond motifs is 1. The Labute approximate surface area is 114 Å². The van der Waals surface area contributed by atoms with Gasteiger partial charge in [-0.3, -0.25) is 4.98 Å². The van der Waals surface area contributed by atoms with Gasteiger partial charge in [0.25, 0.3) is 0 Å². The van der Waals surface area contributed by atoms with Crippen LogP contribution < -0.4 is 5.73 Å². The van der Waals surface area contributed by atoms with Gasteiger partial charge in [-0.05, 0) is 30.8 Å². The van der Waals surface area contributed by atoms with E-state index in [-0.39, 0.29) is 0 Å². The molecule has 0 aliphatic rings. The number of nitrogen functional groups attached to an aromatic ring is 1. The largest absolute Gasteiger partial charge is 0.397 e. The highest BCUT2D eigenvalue weighted by Gasteiger charge is 2.10. The highest BCUT2D eigenvalue weighted by atomic mass is 32.2. The van der Waals surface area contributed by atoms with Gasteiger partial charge in [0.2, 0.25) is 0 Å². The van der Waals surface area contributed by atoms with Crippen LogP contribution in [0.3, 0.4) is 0 Å². The van der Waals surface area contributed by atoms with Crippen LogP contribution in [0.25, 0.3) is 10.9 Å². The SMILES string of the molecule is Cc1nnc(Sc2ccnc3c(N)cccc23)n1C. The number of benzene rings is 1. The van der Waals surface area contributed by atoms with Crippen LogP contribution in [-0.2, 0) is 7.05 Å². The van der Waals surface area contributed by atoms with E-state index in [2.05, 4.69) is 15.2 Å². The maximum absolute atomic E-state index is 5.95. The third-order valence-electron chi connectivity index (χ3n) is 3.02. The van der Waals surface area contributed by atoms with Crippen LogP contribution in [0.15, 0.2) is 40.5 Å². The van der Waals surface area contributed by atoms with Crippen LogP contribution in [0.1, 0.15) is 5.82 Å². The summed E-state index contributed by atoms with van der Waals surface area (Å²) < 4.78 is 1.96. The van der Waals surface area contributed by atoms with Gasteiger partial charge in [-0.2, -0.15) is 0 Å². The molecule has 0 fully saturated rings. The fraction of sp³-hybridized carbons (Fsp3) is 0.154. The zero-order chi connectivity index (χ0) is 13.4. The number of hydrogen-bond donors (Lipinski definition) is 1. The van der Waals surface area contributed by atoms with Gasteiger partial charge in [0.1, 0.15) is 5.82 Å². The van der Waals surface area contributed by atoms with Crippen molar-refractivity contribution in [1.29, 1.82) is 0 Å². The first-order valence-electron chi connectivity index (χ1n) is 5.84.